The molecule has 0 saturated carbocycles. The second-order valence-electron chi connectivity index (χ2n) is 8.18. The van der Waals surface area contributed by atoms with E-state index in [0.29, 0.717) is 29.4 Å². The van der Waals surface area contributed by atoms with Crippen LogP contribution in [-0.2, 0) is 6.61 Å². The second kappa shape index (κ2) is 9.28. The van der Waals surface area contributed by atoms with Gasteiger partial charge in [-0.15, -0.1) is 0 Å². The quantitative estimate of drug-likeness (QED) is 0.302. The number of methoxy groups -OCH3 is 1. The van der Waals surface area contributed by atoms with Gasteiger partial charge in [0, 0.05) is 6.07 Å². The molecule has 0 fully saturated rings. The van der Waals surface area contributed by atoms with Gasteiger partial charge in [0.15, 0.2) is 5.76 Å². The Labute approximate surface area is 199 Å². The molecule has 1 aliphatic heterocycles. The molecule has 34 heavy (non-hydrogen) atoms. The number of aryl methyl sites for hydroxylation is 1. The van der Waals surface area contributed by atoms with Crippen LogP contribution in [0, 0.1) is 6.92 Å². The zero-order valence-electron chi connectivity index (χ0n) is 19.1. The van der Waals surface area contributed by atoms with E-state index in [1.165, 1.54) is 0 Å². The Balaban J connectivity index is 1.33. The van der Waals surface area contributed by atoms with Crippen LogP contribution in [0.5, 0.6) is 17.2 Å². The average Bonchev–Trinajstić information content (AvgIpc) is 3.19. The molecule has 0 N–H and O–H groups in total. The summed E-state index contributed by atoms with van der Waals surface area (Å²) in [7, 11) is 1.64. The minimum Gasteiger partial charge on any atom is -0.497 e. The van der Waals surface area contributed by atoms with Crippen molar-refractivity contribution in [1.29, 1.82) is 0 Å². The summed E-state index contributed by atoms with van der Waals surface area (Å²) in [6.45, 7) is 2.29. The highest BCUT2D eigenvalue weighted by Crippen LogP contribution is 2.38. The highest BCUT2D eigenvalue weighted by molar-refractivity contribution is 6.15. The lowest BCUT2D eigenvalue weighted by atomic mass is 10.0. The number of rotatable bonds is 6. The molecule has 4 nitrogen and oxygen atoms in total. The molecule has 0 aliphatic carbocycles. The van der Waals surface area contributed by atoms with Crippen molar-refractivity contribution in [2.75, 3.05) is 7.11 Å². The number of hydrogen-bond acceptors (Lipinski definition) is 4. The largest absolute Gasteiger partial charge is 0.497 e. The lowest BCUT2D eigenvalue weighted by molar-refractivity contribution is 0.101. The van der Waals surface area contributed by atoms with Gasteiger partial charge in [0.1, 0.15) is 23.9 Å². The van der Waals surface area contributed by atoms with E-state index in [-0.39, 0.29) is 5.78 Å². The molecule has 4 heteroatoms. The number of ketones is 1. The fourth-order valence-electron chi connectivity index (χ4n) is 4.04. The first kappa shape index (κ1) is 21.5. The van der Waals surface area contributed by atoms with E-state index < -0.39 is 0 Å². The van der Waals surface area contributed by atoms with Gasteiger partial charge in [0.25, 0.3) is 0 Å². The number of carbonyl (C=O) groups is 1. The number of fused-ring (bicyclic) bond motifs is 1. The maximum absolute atomic E-state index is 13.0. The van der Waals surface area contributed by atoms with Gasteiger partial charge in [-0.2, -0.15) is 0 Å². The van der Waals surface area contributed by atoms with Crippen LogP contribution in [0.1, 0.15) is 27.0 Å². The molecule has 168 valence electrons. The fraction of sp³-hybridized carbons (Fsp3) is 0.100. The first-order valence-corrected chi connectivity index (χ1v) is 11.1. The van der Waals surface area contributed by atoms with Crippen LogP contribution in [0.3, 0.4) is 0 Å². The summed E-state index contributed by atoms with van der Waals surface area (Å²) in [6, 6.07) is 29.6. The van der Waals surface area contributed by atoms with Gasteiger partial charge in [-0.25, -0.2) is 0 Å². The van der Waals surface area contributed by atoms with Crippen LogP contribution < -0.4 is 14.2 Å². The second-order valence-corrected chi connectivity index (χ2v) is 8.18. The summed E-state index contributed by atoms with van der Waals surface area (Å²) in [5, 5.41) is 0. The van der Waals surface area contributed by atoms with Crippen molar-refractivity contribution in [1.82, 2.24) is 0 Å². The molecule has 0 bridgehead atoms. The van der Waals surface area contributed by atoms with Gasteiger partial charge in [-0.05, 0) is 59.0 Å². The van der Waals surface area contributed by atoms with Crippen molar-refractivity contribution < 1.29 is 19.0 Å². The molecule has 0 radical (unpaired) electrons. The van der Waals surface area contributed by atoms with Crippen LogP contribution in [0.4, 0.5) is 0 Å². The summed E-state index contributed by atoms with van der Waals surface area (Å²) < 4.78 is 17.2. The predicted molar refractivity (Wildman–Crippen MR) is 133 cm³/mol. The Hall–Kier alpha value is -4.31. The van der Waals surface area contributed by atoms with E-state index in [1.54, 1.807) is 19.3 Å². The van der Waals surface area contributed by atoms with Crippen molar-refractivity contribution in [3.05, 3.63) is 119 Å². The van der Waals surface area contributed by atoms with E-state index in [9.17, 15) is 4.79 Å². The summed E-state index contributed by atoms with van der Waals surface area (Å²) in [5.74, 6) is 2.17. The van der Waals surface area contributed by atoms with Crippen LogP contribution in [0.2, 0.25) is 0 Å². The first-order valence-electron chi connectivity index (χ1n) is 11.1. The number of ether oxygens (including phenoxy) is 3. The van der Waals surface area contributed by atoms with E-state index in [4.69, 9.17) is 14.2 Å². The molecular weight excluding hydrogens is 424 g/mol. The molecule has 0 atom stereocenters. The molecule has 0 spiro atoms. The van der Waals surface area contributed by atoms with Crippen LogP contribution in [0.25, 0.3) is 17.2 Å². The van der Waals surface area contributed by atoms with Gasteiger partial charge >= 0.3 is 0 Å². The third-order valence-electron chi connectivity index (χ3n) is 5.80. The molecule has 1 aliphatic rings. The van der Waals surface area contributed by atoms with Gasteiger partial charge in [0.2, 0.25) is 5.78 Å². The Morgan fingerprint density at radius 1 is 0.824 bits per heavy atom. The SMILES string of the molecule is COc1cccc(COc2cc(C)c3c(c2)O/C(=C\c2ccc(-c4ccccc4)cc2)C3=O)c1. The monoisotopic (exact) mass is 448 g/mol. The van der Waals surface area contributed by atoms with Crippen LogP contribution in [-0.4, -0.2) is 12.9 Å². The Kier molecular flexibility index (Phi) is 5.88. The first-order chi connectivity index (χ1) is 16.6. The van der Waals surface area contributed by atoms with Crippen LogP contribution >= 0.6 is 0 Å². The molecule has 0 amide bonds. The molecular formula is C30H24O4. The molecule has 0 saturated heterocycles. The maximum Gasteiger partial charge on any atom is 0.232 e. The van der Waals surface area contributed by atoms with Crippen molar-refractivity contribution in [3.8, 4) is 28.4 Å². The molecule has 4 aromatic rings. The Bertz CT molecular complexity index is 1370. The molecule has 5 rings (SSSR count). The standard InChI is InChI=1S/C30H24O4/c1-20-15-26(33-19-22-7-6-10-25(16-22)32-2)18-27-29(20)30(31)28(34-27)17-21-11-13-24(14-12-21)23-8-4-3-5-9-23/h3-18H,19H2,1-2H3/b28-17-. The van der Waals surface area contributed by atoms with Crippen molar-refractivity contribution >= 4 is 11.9 Å². The highest BCUT2D eigenvalue weighted by Gasteiger charge is 2.30. The number of benzene rings is 4. The van der Waals surface area contributed by atoms with E-state index in [2.05, 4.69) is 12.1 Å². The van der Waals surface area contributed by atoms with Gasteiger partial charge in [-0.1, -0.05) is 66.7 Å². The topological polar surface area (TPSA) is 44.8 Å². The minimum atomic E-state index is -0.112. The van der Waals surface area contributed by atoms with E-state index in [0.717, 1.165) is 33.6 Å². The zero-order chi connectivity index (χ0) is 23.5. The lowest BCUT2D eigenvalue weighted by Gasteiger charge is -2.10. The van der Waals surface area contributed by atoms with Crippen molar-refractivity contribution in [2.45, 2.75) is 13.5 Å². The van der Waals surface area contributed by atoms with Gasteiger partial charge in [0.05, 0.1) is 12.7 Å². The third kappa shape index (κ3) is 4.44. The smallest absolute Gasteiger partial charge is 0.232 e. The van der Waals surface area contributed by atoms with Crippen LogP contribution in [0.15, 0.2) is 96.8 Å². The Morgan fingerprint density at radius 3 is 2.35 bits per heavy atom. The Morgan fingerprint density at radius 2 is 1.59 bits per heavy atom. The lowest BCUT2D eigenvalue weighted by Crippen LogP contribution is -2.00. The summed E-state index contributed by atoms with van der Waals surface area (Å²) in [4.78, 5) is 13.0. The van der Waals surface area contributed by atoms with Gasteiger partial charge in [-0.3, -0.25) is 4.79 Å². The maximum atomic E-state index is 13.0. The molecule has 0 unspecified atom stereocenters. The minimum absolute atomic E-state index is 0.112. The third-order valence-corrected chi connectivity index (χ3v) is 5.80. The zero-order valence-corrected chi connectivity index (χ0v) is 19.1. The van der Waals surface area contributed by atoms with E-state index in [1.807, 2.05) is 79.7 Å². The molecule has 1 heterocycles. The number of Topliss-reactive ketones (excluding diaryl/α,β-unsaturated/α-hetero) is 1. The number of carbonyl (C=O) groups excluding carboxylic acids is 1. The summed E-state index contributed by atoms with van der Waals surface area (Å²) in [6.07, 6.45) is 1.79. The molecule has 0 aromatic heterocycles. The average molecular weight is 449 g/mol. The summed E-state index contributed by atoms with van der Waals surface area (Å²) >= 11 is 0. The van der Waals surface area contributed by atoms with Crippen molar-refractivity contribution in [2.24, 2.45) is 0 Å². The fourth-order valence-corrected chi connectivity index (χ4v) is 4.04. The number of hydrogen-bond donors (Lipinski definition) is 0. The number of allylic oxidation sites excluding steroid dienone is 1. The van der Waals surface area contributed by atoms with Crippen molar-refractivity contribution in [3.63, 3.8) is 0 Å². The van der Waals surface area contributed by atoms with Gasteiger partial charge < -0.3 is 14.2 Å². The highest BCUT2D eigenvalue weighted by atomic mass is 16.5. The normalized spacial score (nSPS) is 13.5. The molecule has 4 aromatic carbocycles. The van der Waals surface area contributed by atoms with E-state index >= 15 is 0 Å². The summed E-state index contributed by atoms with van der Waals surface area (Å²) in [5.41, 5.74) is 5.58. The predicted octanol–water partition coefficient (Wildman–Crippen LogP) is 6.87.